The summed E-state index contributed by atoms with van der Waals surface area (Å²) >= 11 is 1.77. The van der Waals surface area contributed by atoms with Gasteiger partial charge in [0.2, 0.25) is 0 Å². The highest BCUT2D eigenvalue weighted by Crippen LogP contribution is 2.11. The average Bonchev–Trinajstić information content (AvgIpc) is 3.02. The van der Waals surface area contributed by atoms with E-state index >= 15 is 0 Å². The summed E-state index contributed by atoms with van der Waals surface area (Å²) in [4.78, 5) is 12.6. The van der Waals surface area contributed by atoms with E-state index < -0.39 is 0 Å². The average molecular weight is 479 g/mol. The minimum absolute atomic E-state index is 0. The molecule has 2 heterocycles. The number of hydrogen-bond donors (Lipinski definition) is 2. The van der Waals surface area contributed by atoms with Gasteiger partial charge in [-0.25, -0.2) is 4.98 Å². The monoisotopic (exact) mass is 479 g/mol. The highest BCUT2D eigenvalue weighted by molar-refractivity contribution is 14.0. The van der Waals surface area contributed by atoms with Crippen LogP contribution in [0.25, 0.3) is 0 Å². The first kappa shape index (κ1) is 22.6. The van der Waals surface area contributed by atoms with E-state index in [9.17, 15) is 0 Å². The van der Waals surface area contributed by atoms with E-state index in [1.165, 1.54) is 68.0 Å². The van der Waals surface area contributed by atoms with Gasteiger partial charge in [-0.1, -0.05) is 12.8 Å². The van der Waals surface area contributed by atoms with Crippen molar-refractivity contribution in [1.82, 2.24) is 20.5 Å². The molecule has 0 unspecified atom stereocenters. The first-order valence-electron chi connectivity index (χ1n) is 9.36. The van der Waals surface area contributed by atoms with Gasteiger partial charge in [-0.05, 0) is 52.2 Å². The molecule has 0 atom stereocenters. The van der Waals surface area contributed by atoms with E-state index in [1.54, 1.807) is 11.3 Å². The fourth-order valence-electron chi connectivity index (χ4n) is 3.05. The molecule has 25 heavy (non-hydrogen) atoms. The van der Waals surface area contributed by atoms with E-state index in [4.69, 9.17) is 0 Å². The smallest absolute Gasteiger partial charge is 0.190 e. The molecule has 1 saturated heterocycles. The number of aromatic nitrogens is 1. The second kappa shape index (κ2) is 13.7. The Kier molecular flexibility index (Phi) is 12.4. The van der Waals surface area contributed by atoms with Crippen LogP contribution in [0.15, 0.2) is 11.2 Å². The van der Waals surface area contributed by atoms with E-state index in [0.29, 0.717) is 0 Å². The molecule has 0 aliphatic carbocycles. The summed E-state index contributed by atoms with van der Waals surface area (Å²) in [6.45, 7) is 7.87. The molecule has 1 aliphatic rings. The van der Waals surface area contributed by atoms with Crippen LogP contribution >= 0.6 is 35.3 Å². The third-order valence-corrected chi connectivity index (χ3v) is 5.39. The molecule has 0 radical (unpaired) electrons. The number of halogens is 1. The third-order valence-electron chi connectivity index (χ3n) is 4.42. The molecule has 2 N–H and O–H groups in total. The molecule has 0 aromatic carbocycles. The minimum atomic E-state index is 0. The van der Waals surface area contributed by atoms with Gasteiger partial charge in [0.1, 0.15) is 0 Å². The van der Waals surface area contributed by atoms with E-state index in [2.05, 4.69) is 32.4 Å². The summed E-state index contributed by atoms with van der Waals surface area (Å²) in [5.41, 5.74) is 0. The van der Waals surface area contributed by atoms with Crippen molar-refractivity contribution in [2.45, 2.75) is 51.9 Å². The van der Waals surface area contributed by atoms with Gasteiger partial charge < -0.3 is 15.5 Å². The number of aliphatic imine (C=N–C) groups is 1. The molecule has 5 nitrogen and oxygen atoms in total. The van der Waals surface area contributed by atoms with Gasteiger partial charge in [0.15, 0.2) is 5.96 Å². The Morgan fingerprint density at radius 2 is 1.92 bits per heavy atom. The molecule has 1 aliphatic heterocycles. The van der Waals surface area contributed by atoms with Crippen molar-refractivity contribution in [2.24, 2.45) is 4.99 Å². The highest BCUT2D eigenvalue weighted by atomic mass is 127. The fraction of sp³-hybridized carbons (Fsp3) is 0.778. The zero-order chi connectivity index (χ0) is 17.0. The van der Waals surface area contributed by atoms with Crippen molar-refractivity contribution in [3.8, 4) is 0 Å². The fourth-order valence-corrected chi connectivity index (χ4v) is 3.84. The molecule has 0 amide bonds. The van der Waals surface area contributed by atoms with Gasteiger partial charge in [0.05, 0.1) is 5.01 Å². The summed E-state index contributed by atoms with van der Waals surface area (Å²) in [6, 6.07) is 0. The number of nitrogens with zero attached hydrogens (tertiary/aromatic N) is 3. The maximum Gasteiger partial charge on any atom is 0.190 e. The second-order valence-corrected chi connectivity index (χ2v) is 7.82. The molecular weight excluding hydrogens is 445 g/mol. The molecule has 144 valence electrons. The number of likely N-dealkylation sites (tertiary alicyclic amines) is 1. The molecule has 1 fully saturated rings. The highest BCUT2D eigenvalue weighted by Gasteiger charge is 2.08. The molecule has 0 saturated carbocycles. The normalized spacial score (nSPS) is 15.7. The molecule has 2 rings (SSSR count). The summed E-state index contributed by atoms with van der Waals surface area (Å²) < 4.78 is 0. The zero-order valence-corrected chi connectivity index (χ0v) is 18.9. The largest absolute Gasteiger partial charge is 0.356 e. The van der Waals surface area contributed by atoms with Crippen LogP contribution in [0.3, 0.4) is 0 Å². The van der Waals surface area contributed by atoms with E-state index in [-0.39, 0.29) is 24.0 Å². The predicted molar refractivity (Wildman–Crippen MR) is 119 cm³/mol. The van der Waals surface area contributed by atoms with Crippen molar-refractivity contribution >= 4 is 41.3 Å². The lowest BCUT2D eigenvalue weighted by Gasteiger charge is -2.26. The van der Waals surface area contributed by atoms with Crippen LogP contribution < -0.4 is 10.6 Å². The molecule has 0 bridgehead atoms. The Labute approximate surface area is 174 Å². The van der Waals surface area contributed by atoms with Gasteiger partial charge in [0.25, 0.3) is 0 Å². The van der Waals surface area contributed by atoms with E-state index in [1.807, 2.05) is 13.2 Å². The molecule has 1 aromatic heterocycles. The zero-order valence-electron chi connectivity index (χ0n) is 15.7. The van der Waals surface area contributed by atoms with Gasteiger partial charge in [0, 0.05) is 37.6 Å². The Bertz CT molecular complexity index is 486. The Morgan fingerprint density at radius 3 is 2.60 bits per heavy atom. The van der Waals surface area contributed by atoms with Crippen molar-refractivity contribution in [3.05, 3.63) is 16.1 Å². The number of piperidine rings is 1. The number of nitrogens with one attached hydrogen (secondary N) is 2. The summed E-state index contributed by atoms with van der Waals surface area (Å²) in [7, 11) is 1.83. The van der Waals surface area contributed by atoms with Gasteiger partial charge in [-0.2, -0.15) is 0 Å². The number of rotatable bonds is 9. The van der Waals surface area contributed by atoms with Crippen LogP contribution in [0.5, 0.6) is 0 Å². The van der Waals surface area contributed by atoms with Gasteiger partial charge in [-0.15, -0.1) is 35.3 Å². The van der Waals surface area contributed by atoms with Crippen LogP contribution in [0.4, 0.5) is 0 Å². The first-order valence-corrected chi connectivity index (χ1v) is 10.2. The number of guanidine groups is 1. The minimum Gasteiger partial charge on any atom is -0.356 e. The molecule has 0 spiro atoms. The van der Waals surface area contributed by atoms with Gasteiger partial charge >= 0.3 is 0 Å². The lowest BCUT2D eigenvalue weighted by atomic mass is 10.1. The van der Waals surface area contributed by atoms with Crippen LogP contribution in [0.1, 0.15) is 48.4 Å². The lowest BCUT2D eigenvalue weighted by Crippen LogP contribution is -2.38. The van der Waals surface area contributed by atoms with Crippen LogP contribution in [-0.4, -0.2) is 55.6 Å². The van der Waals surface area contributed by atoms with E-state index in [0.717, 1.165) is 25.5 Å². The topological polar surface area (TPSA) is 52.6 Å². The number of thiazole rings is 1. The lowest BCUT2D eigenvalue weighted by molar-refractivity contribution is 0.224. The standard InChI is InChI=1S/C18H33N5S.HI/c1-16-15-22-17(24-16)9-11-21-18(19-2)20-10-5-3-6-12-23-13-7-4-8-14-23;/h15H,3-14H2,1-2H3,(H2,19,20,21);1H. The third kappa shape index (κ3) is 9.75. The van der Waals surface area contributed by atoms with Crippen molar-refractivity contribution in [1.29, 1.82) is 0 Å². The van der Waals surface area contributed by atoms with Gasteiger partial charge in [-0.3, -0.25) is 4.99 Å². The van der Waals surface area contributed by atoms with Crippen molar-refractivity contribution < 1.29 is 0 Å². The molecule has 1 aromatic rings. The Morgan fingerprint density at radius 1 is 1.16 bits per heavy atom. The van der Waals surface area contributed by atoms with Crippen molar-refractivity contribution in [2.75, 3.05) is 39.8 Å². The number of unbranched alkanes of at least 4 members (excludes halogenated alkanes) is 2. The Hall–Kier alpha value is -0.410. The number of hydrogen-bond acceptors (Lipinski definition) is 4. The summed E-state index contributed by atoms with van der Waals surface area (Å²) in [5, 5.41) is 7.96. The predicted octanol–water partition coefficient (Wildman–Crippen LogP) is 3.43. The Balaban J connectivity index is 0.00000312. The van der Waals surface area contributed by atoms with Crippen molar-refractivity contribution in [3.63, 3.8) is 0 Å². The number of aryl methyl sites for hydroxylation is 1. The first-order chi connectivity index (χ1) is 11.8. The molecular formula is C18H34IN5S. The molecule has 7 heteroatoms. The van der Waals surface area contributed by atoms with Crippen LogP contribution in [0.2, 0.25) is 0 Å². The SMILES string of the molecule is CN=C(NCCCCCN1CCCCC1)NCCc1ncc(C)s1.I. The maximum absolute atomic E-state index is 4.39. The second-order valence-electron chi connectivity index (χ2n) is 6.50. The summed E-state index contributed by atoms with van der Waals surface area (Å²) in [5.74, 6) is 0.902. The maximum atomic E-state index is 4.39. The quantitative estimate of drug-likeness (QED) is 0.247. The van der Waals surface area contributed by atoms with Crippen LogP contribution in [0, 0.1) is 6.92 Å². The van der Waals surface area contributed by atoms with Crippen LogP contribution in [-0.2, 0) is 6.42 Å². The summed E-state index contributed by atoms with van der Waals surface area (Å²) in [6.07, 6.45) is 10.9.